The zero-order valence-electron chi connectivity index (χ0n) is 19.5. The van der Waals surface area contributed by atoms with Gasteiger partial charge in [0.15, 0.2) is 0 Å². The van der Waals surface area contributed by atoms with Gasteiger partial charge in [0.05, 0.1) is 16.1 Å². The predicted octanol–water partition coefficient (Wildman–Crippen LogP) is 7.42. The van der Waals surface area contributed by atoms with E-state index in [-0.39, 0.29) is 0 Å². The lowest BCUT2D eigenvalue weighted by atomic mass is 9.83. The molecule has 0 amide bonds. The number of hydrogen-bond donors (Lipinski definition) is 0. The quantitative estimate of drug-likeness (QED) is 0.441. The van der Waals surface area contributed by atoms with E-state index in [1.807, 2.05) is 0 Å². The summed E-state index contributed by atoms with van der Waals surface area (Å²) >= 11 is 0. The largest absolute Gasteiger partial charge is 0.0808 e. The lowest BCUT2D eigenvalue weighted by molar-refractivity contribution is 0.420. The Kier molecular flexibility index (Phi) is 7.13. The molecule has 0 heterocycles. The van der Waals surface area contributed by atoms with Crippen LogP contribution in [-0.4, -0.2) is 16.1 Å². The SMILES string of the molecule is C[Si](C)(C)c1cc(C2CCCCC2)cc([Si](C)(C)C)c1/C=C/C1CCCCC1. The third-order valence-corrected chi connectivity index (χ3v) is 11.1. The van der Waals surface area contributed by atoms with Crippen LogP contribution in [0.4, 0.5) is 0 Å². The average molecular weight is 413 g/mol. The first-order valence-electron chi connectivity index (χ1n) is 12.0. The fourth-order valence-electron chi connectivity index (χ4n) is 5.33. The van der Waals surface area contributed by atoms with Crippen LogP contribution in [0.25, 0.3) is 6.08 Å². The van der Waals surface area contributed by atoms with E-state index in [0.29, 0.717) is 0 Å². The first kappa shape index (κ1) is 22.1. The smallest absolute Gasteiger partial charge is 0.0783 e. The molecule has 0 radical (unpaired) electrons. The number of rotatable bonds is 5. The Labute approximate surface area is 177 Å². The molecule has 0 aromatic heterocycles. The van der Waals surface area contributed by atoms with Crippen molar-refractivity contribution < 1.29 is 0 Å². The second-order valence-corrected chi connectivity index (χ2v) is 21.7. The van der Waals surface area contributed by atoms with Gasteiger partial charge >= 0.3 is 0 Å². The Balaban J connectivity index is 2.07. The van der Waals surface area contributed by atoms with Crippen LogP contribution < -0.4 is 10.4 Å². The van der Waals surface area contributed by atoms with Crippen molar-refractivity contribution in [3.63, 3.8) is 0 Å². The topological polar surface area (TPSA) is 0 Å². The molecule has 0 bridgehead atoms. The number of benzene rings is 1. The molecule has 2 heteroatoms. The molecule has 2 aliphatic carbocycles. The molecule has 156 valence electrons. The van der Waals surface area contributed by atoms with E-state index in [9.17, 15) is 0 Å². The summed E-state index contributed by atoms with van der Waals surface area (Å²) in [7, 11) is -2.80. The molecule has 0 unspecified atom stereocenters. The van der Waals surface area contributed by atoms with Crippen LogP contribution in [0.15, 0.2) is 18.2 Å². The van der Waals surface area contributed by atoms with Gasteiger partial charge in [-0.25, -0.2) is 0 Å². The Hall–Kier alpha value is -0.606. The van der Waals surface area contributed by atoms with Crippen LogP contribution in [-0.2, 0) is 0 Å². The Bertz CT molecular complexity index is 640. The van der Waals surface area contributed by atoms with E-state index in [1.54, 1.807) is 21.5 Å². The Morgan fingerprint density at radius 1 is 0.679 bits per heavy atom. The number of hydrogen-bond acceptors (Lipinski definition) is 0. The molecule has 0 spiro atoms. The third kappa shape index (κ3) is 5.50. The summed E-state index contributed by atoms with van der Waals surface area (Å²) in [4.78, 5) is 0. The zero-order valence-corrected chi connectivity index (χ0v) is 21.5. The molecule has 0 nitrogen and oxygen atoms in total. The van der Waals surface area contributed by atoms with Crippen LogP contribution in [0.3, 0.4) is 0 Å². The summed E-state index contributed by atoms with van der Waals surface area (Å²) < 4.78 is 0. The molecule has 1 aromatic rings. The molecule has 28 heavy (non-hydrogen) atoms. The highest BCUT2D eigenvalue weighted by Crippen LogP contribution is 2.33. The molecule has 2 fully saturated rings. The third-order valence-electron chi connectivity index (χ3n) is 7.08. The van der Waals surface area contributed by atoms with Gasteiger partial charge in [0.25, 0.3) is 0 Å². The lowest BCUT2D eigenvalue weighted by Crippen LogP contribution is -2.48. The first-order chi connectivity index (χ1) is 13.2. The van der Waals surface area contributed by atoms with E-state index in [1.165, 1.54) is 64.2 Å². The molecule has 0 saturated heterocycles. The van der Waals surface area contributed by atoms with Crippen molar-refractivity contribution in [2.24, 2.45) is 5.92 Å². The standard InChI is InChI=1S/C26H44Si2/c1-27(2,3)25-19-23(22-15-11-8-12-16-22)20-26(28(4,5)6)24(25)18-17-21-13-9-7-10-14-21/h17-22H,7-16H2,1-6H3/b18-17+. The van der Waals surface area contributed by atoms with Crippen molar-refractivity contribution in [2.75, 3.05) is 0 Å². The van der Waals surface area contributed by atoms with Crippen molar-refractivity contribution >= 4 is 32.6 Å². The van der Waals surface area contributed by atoms with Gasteiger partial charge in [-0.1, -0.05) is 112 Å². The van der Waals surface area contributed by atoms with Gasteiger partial charge in [0.2, 0.25) is 0 Å². The molecule has 0 atom stereocenters. The molecule has 1 aromatic carbocycles. The zero-order chi connectivity index (χ0) is 20.4. The van der Waals surface area contributed by atoms with E-state index in [2.05, 4.69) is 63.6 Å². The van der Waals surface area contributed by atoms with Crippen molar-refractivity contribution in [3.8, 4) is 0 Å². The minimum absolute atomic E-state index is 0.815. The molecule has 0 N–H and O–H groups in total. The fourth-order valence-corrected chi connectivity index (χ4v) is 8.70. The number of allylic oxidation sites excluding steroid dienone is 1. The molecule has 2 aliphatic rings. The summed E-state index contributed by atoms with van der Waals surface area (Å²) in [6, 6.07) is 5.35. The molecule has 0 aliphatic heterocycles. The van der Waals surface area contributed by atoms with E-state index >= 15 is 0 Å². The van der Waals surface area contributed by atoms with Crippen LogP contribution >= 0.6 is 0 Å². The lowest BCUT2D eigenvalue weighted by Gasteiger charge is -2.31. The van der Waals surface area contributed by atoms with Gasteiger partial charge in [-0.2, -0.15) is 0 Å². The average Bonchev–Trinajstić information content (AvgIpc) is 2.66. The van der Waals surface area contributed by atoms with Gasteiger partial charge in [-0.15, -0.1) is 0 Å². The van der Waals surface area contributed by atoms with E-state index < -0.39 is 16.1 Å². The Morgan fingerprint density at radius 2 is 1.14 bits per heavy atom. The van der Waals surface area contributed by atoms with Gasteiger partial charge in [-0.05, 0) is 48.6 Å². The van der Waals surface area contributed by atoms with E-state index in [4.69, 9.17) is 0 Å². The normalized spacial score (nSPS) is 20.8. The van der Waals surface area contributed by atoms with Crippen molar-refractivity contribution in [3.05, 3.63) is 29.3 Å². The Morgan fingerprint density at radius 3 is 1.61 bits per heavy atom. The minimum Gasteiger partial charge on any atom is -0.0808 e. The highest BCUT2D eigenvalue weighted by molar-refractivity contribution is 6.92. The van der Waals surface area contributed by atoms with Gasteiger partial charge in [0.1, 0.15) is 0 Å². The monoisotopic (exact) mass is 412 g/mol. The maximum Gasteiger partial charge on any atom is 0.0783 e. The van der Waals surface area contributed by atoms with E-state index in [0.717, 1.165) is 11.8 Å². The van der Waals surface area contributed by atoms with Crippen LogP contribution in [0.2, 0.25) is 39.3 Å². The van der Waals surface area contributed by atoms with Crippen LogP contribution in [0, 0.1) is 5.92 Å². The molecular formula is C26H44Si2. The van der Waals surface area contributed by atoms with Gasteiger partial charge < -0.3 is 0 Å². The second-order valence-electron chi connectivity index (χ2n) is 11.6. The van der Waals surface area contributed by atoms with Crippen molar-refractivity contribution in [1.29, 1.82) is 0 Å². The highest BCUT2D eigenvalue weighted by Gasteiger charge is 2.29. The fraction of sp³-hybridized carbons (Fsp3) is 0.692. The summed E-state index contributed by atoms with van der Waals surface area (Å²) in [5, 5.41) is 3.47. The highest BCUT2D eigenvalue weighted by atomic mass is 28.3. The van der Waals surface area contributed by atoms with Gasteiger partial charge in [-0.3, -0.25) is 0 Å². The summed E-state index contributed by atoms with van der Waals surface area (Å²) in [5.74, 6) is 1.63. The van der Waals surface area contributed by atoms with Crippen LogP contribution in [0.5, 0.6) is 0 Å². The maximum atomic E-state index is 2.67. The maximum absolute atomic E-state index is 2.67. The summed E-state index contributed by atoms with van der Waals surface area (Å²) in [6.07, 6.45) is 19.4. The first-order valence-corrected chi connectivity index (χ1v) is 19.0. The van der Waals surface area contributed by atoms with Gasteiger partial charge in [0, 0.05) is 0 Å². The predicted molar refractivity (Wildman–Crippen MR) is 134 cm³/mol. The molecule has 2 saturated carbocycles. The minimum atomic E-state index is -1.40. The molecule has 3 rings (SSSR count). The van der Waals surface area contributed by atoms with Crippen LogP contribution in [0.1, 0.15) is 81.3 Å². The van der Waals surface area contributed by atoms with Crippen molar-refractivity contribution in [1.82, 2.24) is 0 Å². The summed E-state index contributed by atoms with van der Waals surface area (Å²) in [6.45, 7) is 15.3. The van der Waals surface area contributed by atoms with Crippen molar-refractivity contribution in [2.45, 2.75) is 109 Å². The summed E-state index contributed by atoms with van der Waals surface area (Å²) in [5.41, 5.74) is 3.33. The molecular weight excluding hydrogens is 368 g/mol. The second kappa shape index (κ2) is 9.04.